The summed E-state index contributed by atoms with van der Waals surface area (Å²) >= 11 is 0. The Morgan fingerprint density at radius 1 is 1.22 bits per heavy atom. The molecular weight excluding hydrogens is 348 g/mol. The van der Waals surface area contributed by atoms with Gasteiger partial charge in [0.15, 0.2) is 0 Å². The Hall–Kier alpha value is -3.55. The lowest BCUT2D eigenvalue weighted by molar-refractivity contribution is -0.384. The number of para-hydroxylation sites is 1. The van der Waals surface area contributed by atoms with Crippen molar-refractivity contribution in [2.75, 3.05) is 11.4 Å². The lowest BCUT2D eigenvalue weighted by Crippen LogP contribution is -2.31. The van der Waals surface area contributed by atoms with Gasteiger partial charge in [0.25, 0.3) is 11.2 Å². The third-order valence-electron chi connectivity index (χ3n) is 4.77. The van der Waals surface area contributed by atoms with Crippen molar-refractivity contribution < 1.29 is 9.72 Å². The van der Waals surface area contributed by atoms with Crippen LogP contribution in [0.15, 0.2) is 53.6 Å². The van der Waals surface area contributed by atoms with Gasteiger partial charge in [-0.3, -0.25) is 24.3 Å². The van der Waals surface area contributed by atoms with E-state index in [0.717, 1.165) is 5.56 Å². The molecule has 0 fully saturated rings. The van der Waals surface area contributed by atoms with Crippen molar-refractivity contribution in [2.24, 2.45) is 0 Å². The number of hydrogen-bond donors (Lipinski definition) is 0. The molecule has 1 aliphatic heterocycles. The highest BCUT2D eigenvalue weighted by Crippen LogP contribution is 2.32. The van der Waals surface area contributed by atoms with Crippen LogP contribution in [0.4, 0.5) is 11.4 Å². The maximum atomic E-state index is 12.7. The van der Waals surface area contributed by atoms with E-state index in [1.54, 1.807) is 29.2 Å². The highest BCUT2D eigenvalue weighted by molar-refractivity contribution is 5.95. The van der Waals surface area contributed by atoms with Crippen molar-refractivity contribution in [1.29, 1.82) is 0 Å². The minimum absolute atomic E-state index is 0.0385. The minimum Gasteiger partial charge on any atom is -0.312 e. The fourth-order valence-electron chi connectivity index (χ4n) is 3.36. The van der Waals surface area contributed by atoms with Crippen LogP contribution in [0.5, 0.6) is 0 Å². The van der Waals surface area contributed by atoms with E-state index < -0.39 is 4.92 Å². The van der Waals surface area contributed by atoms with E-state index >= 15 is 0 Å². The van der Waals surface area contributed by atoms with Gasteiger partial charge in [0.2, 0.25) is 5.91 Å². The van der Waals surface area contributed by atoms with Crippen molar-refractivity contribution in [3.8, 4) is 0 Å². The Labute approximate surface area is 153 Å². The number of fused-ring (bicyclic) bond motifs is 2. The molecule has 3 aromatic rings. The molecule has 0 radical (unpaired) electrons. The van der Waals surface area contributed by atoms with Crippen molar-refractivity contribution in [3.05, 3.63) is 74.8 Å². The van der Waals surface area contributed by atoms with Crippen LogP contribution in [-0.2, 0) is 17.8 Å². The van der Waals surface area contributed by atoms with Gasteiger partial charge in [0, 0.05) is 31.6 Å². The van der Waals surface area contributed by atoms with Crippen LogP contribution in [-0.4, -0.2) is 26.9 Å². The van der Waals surface area contributed by atoms with E-state index in [9.17, 15) is 19.7 Å². The third kappa shape index (κ3) is 3.05. The minimum atomic E-state index is -0.471. The van der Waals surface area contributed by atoms with Gasteiger partial charge in [0.05, 0.1) is 27.8 Å². The van der Waals surface area contributed by atoms with Crippen LogP contribution in [0, 0.1) is 10.1 Å². The summed E-state index contributed by atoms with van der Waals surface area (Å²) in [6, 6.07) is 11.6. The molecule has 0 N–H and O–H groups in total. The second-order valence-electron chi connectivity index (χ2n) is 6.38. The maximum absolute atomic E-state index is 12.7. The number of anilines is 1. The molecule has 1 aliphatic rings. The summed E-state index contributed by atoms with van der Waals surface area (Å²) in [5.41, 5.74) is 1.89. The average Bonchev–Trinajstić information content (AvgIpc) is 3.10. The van der Waals surface area contributed by atoms with Gasteiger partial charge in [0.1, 0.15) is 0 Å². The van der Waals surface area contributed by atoms with Gasteiger partial charge in [-0.2, -0.15) is 0 Å². The molecule has 0 saturated heterocycles. The van der Waals surface area contributed by atoms with E-state index in [-0.39, 0.29) is 30.1 Å². The number of carbonyl (C=O) groups excluding carboxylic acids is 1. The van der Waals surface area contributed by atoms with Crippen LogP contribution in [0.2, 0.25) is 0 Å². The van der Waals surface area contributed by atoms with E-state index in [4.69, 9.17) is 0 Å². The molecule has 1 aromatic heterocycles. The van der Waals surface area contributed by atoms with Crippen LogP contribution in [0.3, 0.4) is 0 Å². The summed E-state index contributed by atoms with van der Waals surface area (Å²) < 4.78 is 1.42. The SMILES string of the molecule is O=C(CCn1cnc2ccccc2c1=O)N1CCc2ccc([N+](=O)[O-])cc21. The van der Waals surface area contributed by atoms with Crippen LogP contribution in [0.1, 0.15) is 12.0 Å². The van der Waals surface area contributed by atoms with Crippen molar-refractivity contribution in [1.82, 2.24) is 9.55 Å². The summed E-state index contributed by atoms with van der Waals surface area (Å²) in [5, 5.41) is 11.5. The molecule has 2 aromatic carbocycles. The predicted molar refractivity (Wildman–Crippen MR) is 99.8 cm³/mol. The molecule has 0 saturated carbocycles. The van der Waals surface area contributed by atoms with Crippen LogP contribution in [0.25, 0.3) is 10.9 Å². The number of nitrogens with zero attached hydrogens (tertiary/aromatic N) is 4. The predicted octanol–water partition coefficient (Wildman–Crippen LogP) is 2.28. The Balaban J connectivity index is 1.53. The topological polar surface area (TPSA) is 98.3 Å². The maximum Gasteiger partial charge on any atom is 0.271 e. The van der Waals surface area contributed by atoms with Crippen LogP contribution < -0.4 is 10.5 Å². The molecule has 2 heterocycles. The number of nitro groups is 1. The summed E-state index contributed by atoms with van der Waals surface area (Å²) in [7, 11) is 0. The molecule has 0 atom stereocenters. The molecule has 1 amide bonds. The molecular formula is C19H16N4O4. The third-order valence-corrected chi connectivity index (χ3v) is 4.77. The van der Waals surface area contributed by atoms with Gasteiger partial charge in [-0.15, -0.1) is 0 Å². The van der Waals surface area contributed by atoms with Crippen molar-refractivity contribution in [3.63, 3.8) is 0 Å². The van der Waals surface area contributed by atoms with Crippen molar-refractivity contribution in [2.45, 2.75) is 19.4 Å². The lowest BCUT2D eigenvalue weighted by atomic mass is 10.1. The number of rotatable bonds is 4. The number of aryl methyl sites for hydroxylation is 1. The smallest absolute Gasteiger partial charge is 0.271 e. The first-order chi connectivity index (χ1) is 13.0. The molecule has 27 heavy (non-hydrogen) atoms. The number of benzene rings is 2. The highest BCUT2D eigenvalue weighted by Gasteiger charge is 2.26. The summed E-state index contributed by atoms with van der Waals surface area (Å²) in [4.78, 5) is 41.5. The second-order valence-corrected chi connectivity index (χ2v) is 6.38. The first kappa shape index (κ1) is 16.9. The quantitative estimate of drug-likeness (QED) is 0.522. The molecule has 4 rings (SSSR count). The highest BCUT2D eigenvalue weighted by atomic mass is 16.6. The van der Waals surface area contributed by atoms with Crippen molar-refractivity contribution >= 4 is 28.2 Å². The first-order valence-electron chi connectivity index (χ1n) is 8.56. The lowest BCUT2D eigenvalue weighted by Gasteiger charge is -2.17. The molecule has 8 nitrogen and oxygen atoms in total. The standard InChI is InChI=1S/C19H16N4O4/c24-18(22-10-7-13-5-6-14(23(26)27)11-17(13)22)8-9-21-12-20-16-4-2-1-3-15(16)19(21)25/h1-6,11-12H,7-10H2. The van der Waals surface area contributed by atoms with Gasteiger partial charge in [-0.1, -0.05) is 18.2 Å². The zero-order valence-corrected chi connectivity index (χ0v) is 14.4. The Morgan fingerprint density at radius 3 is 2.85 bits per heavy atom. The fourth-order valence-corrected chi connectivity index (χ4v) is 3.36. The van der Waals surface area contributed by atoms with Gasteiger partial charge in [-0.25, -0.2) is 4.98 Å². The van der Waals surface area contributed by atoms with Gasteiger partial charge >= 0.3 is 0 Å². The van der Waals surface area contributed by atoms with E-state index in [1.807, 2.05) is 6.07 Å². The number of aromatic nitrogens is 2. The van der Waals surface area contributed by atoms with E-state index in [2.05, 4.69) is 4.98 Å². The Bertz CT molecular complexity index is 1120. The normalized spacial score (nSPS) is 13.0. The van der Waals surface area contributed by atoms with Gasteiger partial charge in [-0.05, 0) is 24.1 Å². The Morgan fingerprint density at radius 2 is 2.04 bits per heavy atom. The number of carbonyl (C=O) groups is 1. The summed E-state index contributed by atoms with van der Waals surface area (Å²) in [6.07, 6.45) is 2.22. The van der Waals surface area contributed by atoms with Crippen LogP contribution >= 0.6 is 0 Å². The Kier molecular flexibility index (Phi) is 4.15. The molecule has 0 aliphatic carbocycles. The fraction of sp³-hybridized carbons (Fsp3) is 0.211. The number of nitro benzene ring substituents is 1. The van der Waals surface area contributed by atoms with E-state index in [1.165, 1.54) is 23.0 Å². The monoisotopic (exact) mass is 364 g/mol. The number of hydrogen-bond acceptors (Lipinski definition) is 5. The number of non-ortho nitro benzene ring substituents is 1. The molecule has 0 bridgehead atoms. The molecule has 8 heteroatoms. The summed E-state index contributed by atoms with van der Waals surface area (Å²) in [6.45, 7) is 0.691. The van der Waals surface area contributed by atoms with E-state index in [0.29, 0.717) is 29.6 Å². The molecule has 0 unspecified atom stereocenters. The first-order valence-corrected chi connectivity index (χ1v) is 8.56. The average molecular weight is 364 g/mol. The van der Waals surface area contributed by atoms with Gasteiger partial charge < -0.3 is 4.90 Å². The molecule has 0 spiro atoms. The number of amides is 1. The summed E-state index contributed by atoms with van der Waals surface area (Å²) in [5.74, 6) is -0.172. The largest absolute Gasteiger partial charge is 0.312 e. The molecule has 136 valence electrons. The zero-order chi connectivity index (χ0) is 19.0. The zero-order valence-electron chi connectivity index (χ0n) is 14.4. The second kappa shape index (κ2) is 6.64.